The highest BCUT2D eigenvalue weighted by atomic mass is 19.1. The zero-order valence-corrected chi connectivity index (χ0v) is 17.9. The van der Waals surface area contributed by atoms with E-state index in [9.17, 15) is 14.0 Å². The first kappa shape index (κ1) is 19.7. The van der Waals surface area contributed by atoms with Gasteiger partial charge in [0.2, 0.25) is 11.9 Å². The summed E-state index contributed by atoms with van der Waals surface area (Å²) in [5.74, 6) is 0.861. The van der Waals surface area contributed by atoms with Gasteiger partial charge in [0, 0.05) is 38.3 Å². The lowest BCUT2D eigenvalue weighted by atomic mass is 10.1. The fourth-order valence-corrected chi connectivity index (χ4v) is 4.75. The van der Waals surface area contributed by atoms with Gasteiger partial charge in [-0.15, -0.1) is 5.10 Å². The van der Waals surface area contributed by atoms with Crippen molar-refractivity contribution in [1.29, 1.82) is 0 Å². The summed E-state index contributed by atoms with van der Waals surface area (Å²) >= 11 is 0. The molecule has 168 valence electrons. The summed E-state index contributed by atoms with van der Waals surface area (Å²) in [5, 5.41) is 4.51. The molecule has 6 rings (SSSR count). The van der Waals surface area contributed by atoms with Gasteiger partial charge in [0.05, 0.1) is 17.9 Å². The van der Waals surface area contributed by atoms with E-state index in [1.54, 1.807) is 27.7 Å². The van der Waals surface area contributed by atoms with Gasteiger partial charge in [-0.05, 0) is 24.3 Å². The van der Waals surface area contributed by atoms with Gasteiger partial charge in [0.1, 0.15) is 18.2 Å². The molecule has 3 aromatic rings. The second-order valence-corrected chi connectivity index (χ2v) is 8.27. The number of benzene rings is 2. The number of aromatic nitrogens is 3. The molecule has 9 nitrogen and oxygen atoms in total. The van der Waals surface area contributed by atoms with Crippen LogP contribution in [0.2, 0.25) is 0 Å². The average molecular weight is 447 g/mol. The molecule has 3 aliphatic rings. The molecule has 0 bridgehead atoms. The van der Waals surface area contributed by atoms with Crippen LogP contribution >= 0.6 is 0 Å². The molecular weight excluding hydrogens is 425 g/mol. The summed E-state index contributed by atoms with van der Waals surface area (Å²) in [5.41, 5.74) is 1.82. The van der Waals surface area contributed by atoms with Crippen LogP contribution in [-0.4, -0.2) is 70.3 Å². The van der Waals surface area contributed by atoms with Gasteiger partial charge in [0.15, 0.2) is 0 Å². The maximum Gasteiger partial charge on any atom is 0.352 e. The average Bonchev–Trinajstić information content (AvgIpc) is 3.45. The number of nitrogens with zero attached hydrogens (tertiary/aromatic N) is 7. The van der Waals surface area contributed by atoms with Crippen molar-refractivity contribution in [3.8, 4) is 5.69 Å². The van der Waals surface area contributed by atoms with Crippen LogP contribution in [0, 0.1) is 5.82 Å². The van der Waals surface area contributed by atoms with Crippen molar-refractivity contribution in [3.63, 3.8) is 0 Å². The minimum Gasteiger partial charge on any atom is -0.366 e. The quantitative estimate of drug-likeness (QED) is 0.601. The van der Waals surface area contributed by atoms with Gasteiger partial charge in [-0.2, -0.15) is 0 Å². The number of aliphatic imine (C=N–C) groups is 1. The van der Waals surface area contributed by atoms with Crippen molar-refractivity contribution in [1.82, 2.24) is 19.2 Å². The molecule has 0 N–H and O–H groups in total. The Morgan fingerprint density at radius 1 is 0.939 bits per heavy atom. The number of carbonyl (C=O) groups is 1. The highest BCUT2D eigenvalue weighted by molar-refractivity contribution is 6.14. The smallest absolute Gasteiger partial charge is 0.352 e. The lowest BCUT2D eigenvalue weighted by Crippen LogP contribution is -2.50. The zero-order valence-electron chi connectivity index (χ0n) is 17.9. The maximum absolute atomic E-state index is 14.1. The first-order valence-corrected chi connectivity index (χ1v) is 11.0. The van der Waals surface area contributed by atoms with E-state index in [0.717, 1.165) is 17.1 Å². The van der Waals surface area contributed by atoms with Crippen LogP contribution in [0.3, 0.4) is 0 Å². The number of fused-ring (bicyclic) bond motifs is 6. The molecule has 0 saturated carbocycles. The van der Waals surface area contributed by atoms with E-state index >= 15 is 0 Å². The van der Waals surface area contributed by atoms with Crippen molar-refractivity contribution in [2.24, 2.45) is 4.99 Å². The summed E-state index contributed by atoms with van der Waals surface area (Å²) < 4.78 is 16.9. The van der Waals surface area contributed by atoms with Gasteiger partial charge in [-0.3, -0.25) is 14.7 Å². The van der Waals surface area contributed by atoms with Crippen molar-refractivity contribution < 1.29 is 9.18 Å². The summed E-state index contributed by atoms with van der Waals surface area (Å²) in [6, 6.07) is 14.3. The van der Waals surface area contributed by atoms with Crippen LogP contribution in [0.1, 0.15) is 5.56 Å². The highest BCUT2D eigenvalue weighted by Gasteiger charge is 2.35. The minimum absolute atomic E-state index is 0.138. The van der Waals surface area contributed by atoms with E-state index in [4.69, 9.17) is 0 Å². The number of anilines is 2. The van der Waals surface area contributed by atoms with Crippen LogP contribution in [0.4, 0.5) is 16.0 Å². The van der Waals surface area contributed by atoms with E-state index in [0.29, 0.717) is 50.9 Å². The first-order valence-electron chi connectivity index (χ1n) is 11.0. The molecular formula is C23H22FN7O2. The number of amidine groups is 1. The third kappa shape index (κ3) is 3.12. The molecule has 1 fully saturated rings. The largest absolute Gasteiger partial charge is 0.366 e. The summed E-state index contributed by atoms with van der Waals surface area (Å²) in [6.07, 6.45) is 0. The molecule has 0 atom stereocenters. The molecule has 0 radical (unpaired) electrons. The van der Waals surface area contributed by atoms with Crippen LogP contribution in [0.15, 0.2) is 58.3 Å². The number of para-hydroxylation sites is 2. The molecule has 2 aromatic carbocycles. The van der Waals surface area contributed by atoms with Crippen molar-refractivity contribution >= 4 is 23.4 Å². The van der Waals surface area contributed by atoms with Gasteiger partial charge in [-0.25, -0.2) is 18.4 Å². The van der Waals surface area contributed by atoms with E-state index in [1.165, 1.54) is 10.7 Å². The Bertz CT molecular complexity index is 1340. The highest BCUT2D eigenvalue weighted by Crippen LogP contribution is 2.29. The summed E-state index contributed by atoms with van der Waals surface area (Å²) in [7, 11) is 0. The van der Waals surface area contributed by atoms with Crippen molar-refractivity contribution in [2.45, 2.75) is 6.54 Å². The first-order chi connectivity index (χ1) is 16.1. The Hall–Kier alpha value is -3.95. The predicted octanol–water partition coefficient (Wildman–Crippen LogP) is 1.10. The molecule has 3 aliphatic heterocycles. The topological polar surface area (TPSA) is 79.0 Å². The zero-order chi connectivity index (χ0) is 22.5. The standard InChI is InChI=1S/C23H22FN7O2/c24-17-6-2-4-8-19(17)27-11-13-28(14-12-27)20(32)15-30-23(33)31-18-7-3-1-5-16(18)21-25-9-10-29(21)22(31)26-30/h1-8H,9-15H2. The molecule has 10 heteroatoms. The van der Waals surface area contributed by atoms with E-state index < -0.39 is 0 Å². The second-order valence-electron chi connectivity index (χ2n) is 8.27. The second kappa shape index (κ2) is 7.58. The van der Waals surface area contributed by atoms with Crippen molar-refractivity contribution in [2.75, 3.05) is 49.1 Å². The Labute approximate surface area is 189 Å². The fourth-order valence-electron chi connectivity index (χ4n) is 4.75. The lowest BCUT2D eigenvalue weighted by molar-refractivity contribution is -0.132. The Kier molecular flexibility index (Phi) is 4.53. The molecule has 0 aliphatic carbocycles. The number of carbonyl (C=O) groups excluding carboxylic acids is 1. The molecule has 1 saturated heterocycles. The molecule has 1 aromatic heterocycles. The van der Waals surface area contributed by atoms with E-state index in [-0.39, 0.29) is 24.0 Å². The SMILES string of the molecule is O=C(Cn1nc2n(c1=O)-c1ccccc1C1=NCCN12)N1CCN(c2ccccc2F)CC1. The monoisotopic (exact) mass is 447 g/mol. The molecule has 0 unspecified atom stereocenters. The number of halogens is 1. The molecule has 0 spiro atoms. The molecule has 1 amide bonds. The van der Waals surface area contributed by atoms with Crippen LogP contribution < -0.4 is 15.5 Å². The summed E-state index contributed by atoms with van der Waals surface area (Å²) in [4.78, 5) is 36.4. The normalized spacial score (nSPS) is 16.9. The minimum atomic E-state index is -0.346. The third-order valence-corrected chi connectivity index (χ3v) is 6.40. The van der Waals surface area contributed by atoms with Gasteiger partial charge in [-0.1, -0.05) is 24.3 Å². The van der Waals surface area contributed by atoms with Gasteiger partial charge in [0.25, 0.3) is 0 Å². The van der Waals surface area contributed by atoms with Crippen molar-refractivity contribution in [3.05, 3.63) is 70.4 Å². The molecule has 33 heavy (non-hydrogen) atoms. The Morgan fingerprint density at radius 2 is 1.67 bits per heavy atom. The number of hydrogen-bond donors (Lipinski definition) is 0. The summed E-state index contributed by atoms with van der Waals surface area (Å²) in [6.45, 7) is 3.12. The predicted molar refractivity (Wildman–Crippen MR) is 122 cm³/mol. The third-order valence-electron chi connectivity index (χ3n) is 6.40. The number of rotatable bonds is 3. The number of amides is 1. The van der Waals surface area contributed by atoms with E-state index in [2.05, 4.69) is 10.1 Å². The lowest BCUT2D eigenvalue weighted by Gasteiger charge is -2.36. The van der Waals surface area contributed by atoms with Crippen LogP contribution in [0.25, 0.3) is 5.69 Å². The van der Waals surface area contributed by atoms with Crippen LogP contribution in [-0.2, 0) is 11.3 Å². The number of hydrogen-bond acceptors (Lipinski definition) is 6. The Morgan fingerprint density at radius 3 is 2.45 bits per heavy atom. The molecule has 4 heterocycles. The van der Waals surface area contributed by atoms with Crippen LogP contribution in [0.5, 0.6) is 0 Å². The van der Waals surface area contributed by atoms with E-state index in [1.807, 2.05) is 34.1 Å². The van der Waals surface area contributed by atoms with Gasteiger partial charge >= 0.3 is 5.69 Å². The Balaban J connectivity index is 1.22. The van der Waals surface area contributed by atoms with Gasteiger partial charge < -0.3 is 9.80 Å². The maximum atomic E-state index is 14.1. The number of piperazine rings is 1. The fraction of sp³-hybridized carbons (Fsp3) is 0.304.